The van der Waals surface area contributed by atoms with E-state index >= 15 is 0 Å². The second kappa shape index (κ2) is 9.29. The Kier molecular flexibility index (Phi) is 7.37. The van der Waals surface area contributed by atoms with Gasteiger partial charge in [-0.15, -0.1) is 0 Å². The number of nitrogens with one attached hydrogen (secondary N) is 1. The summed E-state index contributed by atoms with van der Waals surface area (Å²) >= 11 is 0. The van der Waals surface area contributed by atoms with E-state index in [4.69, 9.17) is 9.47 Å². The molecule has 3 atom stereocenters. The van der Waals surface area contributed by atoms with E-state index in [0.29, 0.717) is 24.7 Å². The third-order valence-electron chi connectivity index (χ3n) is 4.58. The molecular weight excluding hydrogens is 274 g/mol. The molecule has 2 unspecified atom stereocenters. The van der Waals surface area contributed by atoms with E-state index in [-0.39, 0.29) is 0 Å². The quantitative estimate of drug-likeness (QED) is 0.794. The van der Waals surface area contributed by atoms with Crippen LogP contribution >= 0.6 is 0 Å². The summed E-state index contributed by atoms with van der Waals surface area (Å²) in [6.45, 7) is 9.91. The van der Waals surface area contributed by atoms with Crippen molar-refractivity contribution in [1.82, 2.24) is 5.32 Å². The fourth-order valence-electron chi connectivity index (χ4n) is 3.08. The molecule has 1 aromatic rings. The summed E-state index contributed by atoms with van der Waals surface area (Å²) in [6, 6.07) is 9.04. The second-order valence-corrected chi connectivity index (χ2v) is 6.49. The predicted molar refractivity (Wildman–Crippen MR) is 91.1 cm³/mol. The molecule has 1 fully saturated rings. The van der Waals surface area contributed by atoms with Crippen LogP contribution in [0.5, 0.6) is 0 Å². The van der Waals surface area contributed by atoms with Gasteiger partial charge in [0.2, 0.25) is 0 Å². The van der Waals surface area contributed by atoms with Gasteiger partial charge in [0.15, 0.2) is 0 Å². The third kappa shape index (κ3) is 5.71. The molecule has 0 bridgehead atoms. The highest BCUT2D eigenvalue weighted by Gasteiger charge is 2.22. The van der Waals surface area contributed by atoms with Crippen LogP contribution in [0.25, 0.3) is 0 Å². The minimum atomic E-state index is 0.292. The fraction of sp³-hybridized carbons (Fsp3) is 0.684. The maximum absolute atomic E-state index is 6.04. The summed E-state index contributed by atoms with van der Waals surface area (Å²) in [5.74, 6) is 0.680. The van der Waals surface area contributed by atoms with E-state index in [0.717, 1.165) is 26.2 Å². The summed E-state index contributed by atoms with van der Waals surface area (Å²) in [4.78, 5) is 0. The number of piperidine rings is 1. The lowest BCUT2D eigenvalue weighted by Gasteiger charge is -2.31. The van der Waals surface area contributed by atoms with Crippen LogP contribution in [0.15, 0.2) is 24.3 Å². The first-order valence-corrected chi connectivity index (χ1v) is 8.66. The second-order valence-electron chi connectivity index (χ2n) is 6.49. The van der Waals surface area contributed by atoms with Gasteiger partial charge in [-0.2, -0.15) is 0 Å². The van der Waals surface area contributed by atoms with Gasteiger partial charge in [-0.3, -0.25) is 0 Å². The summed E-state index contributed by atoms with van der Waals surface area (Å²) < 4.78 is 11.6. The highest BCUT2D eigenvalue weighted by Crippen LogP contribution is 2.19. The number of benzene rings is 1. The first-order valence-electron chi connectivity index (χ1n) is 8.66. The van der Waals surface area contributed by atoms with Crippen molar-refractivity contribution >= 4 is 0 Å². The molecule has 22 heavy (non-hydrogen) atoms. The van der Waals surface area contributed by atoms with Crippen LogP contribution in [0.2, 0.25) is 0 Å². The highest BCUT2D eigenvalue weighted by atomic mass is 16.5. The Labute approximate surface area is 135 Å². The van der Waals surface area contributed by atoms with Crippen LogP contribution in [0.1, 0.15) is 44.2 Å². The van der Waals surface area contributed by atoms with E-state index in [1.165, 1.54) is 24.0 Å². The number of aryl methyl sites for hydroxylation is 1. The van der Waals surface area contributed by atoms with Crippen molar-refractivity contribution in [2.45, 2.75) is 58.8 Å². The average Bonchev–Trinajstić information content (AvgIpc) is 2.53. The molecule has 0 spiro atoms. The predicted octanol–water partition coefficient (Wildman–Crippen LogP) is 3.69. The van der Waals surface area contributed by atoms with Crippen LogP contribution in [0.3, 0.4) is 0 Å². The molecule has 0 amide bonds. The molecular formula is C19H31NO2. The normalized spacial score (nSPS) is 23.4. The van der Waals surface area contributed by atoms with Crippen molar-refractivity contribution in [1.29, 1.82) is 0 Å². The van der Waals surface area contributed by atoms with Crippen LogP contribution in [-0.2, 0) is 16.1 Å². The SMILES string of the molecule is CCOC[C@@H]1CCC(CC(C)OCc2ccccc2C)NC1. The zero-order valence-electron chi connectivity index (χ0n) is 14.3. The summed E-state index contributed by atoms with van der Waals surface area (Å²) in [7, 11) is 0. The topological polar surface area (TPSA) is 30.5 Å². The Balaban J connectivity index is 1.66. The molecule has 1 aliphatic rings. The van der Waals surface area contributed by atoms with Gasteiger partial charge in [-0.05, 0) is 57.1 Å². The Hall–Kier alpha value is -0.900. The molecule has 0 saturated carbocycles. The van der Waals surface area contributed by atoms with E-state index in [1.54, 1.807) is 0 Å². The first-order chi connectivity index (χ1) is 10.7. The van der Waals surface area contributed by atoms with Gasteiger partial charge >= 0.3 is 0 Å². The van der Waals surface area contributed by atoms with Gasteiger partial charge in [-0.25, -0.2) is 0 Å². The molecule has 2 rings (SSSR count). The van der Waals surface area contributed by atoms with Gasteiger partial charge in [0.1, 0.15) is 0 Å². The monoisotopic (exact) mass is 305 g/mol. The number of hydrogen-bond acceptors (Lipinski definition) is 3. The molecule has 1 N–H and O–H groups in total. The van der Waals surface area contributed by atoms with Crippen molar-refractivity contribution < 1.29 is 9.47 Å². The summed E-state index contributed by atoms with van der Waals surface area (Å²) in [6.07, 6.45) is 3.88. The van der Waals surface area contributed by atoms with Gasteiger partial charge in [-0.1, -0.05) is 24.3 Å². The van der Waals surface area contributed by atoms with Crippen molar-refractivity contribution in [3.63, 3.8) is 0 Å². The zero-order valence-corrected chi connectivity index (χ0v) is 14.3. The largest absolute Gasteiger partial charge is 0.381 e. The third-order valence-corrected chi connectivity index (χ3v) is 4.58. The Morgan fingerprint density at radius 1 is 1.27 bits per heavy atom. The van der Waals surface area contributed by atoms with Gasteiger partial charge in [0, 0.05) is 19.2 Å². The minimum Gasteiger partial charge on any atom is -0.381 e. The fourth-order valence-corrected chi connectivity index (χ4v) is 3.08. The molecule has 124 valence electrons. The highest BCUT2D eigenvalue weighted by molar-refractivity contribution is 5.24. The van der Waals surface area contributed by atoms with Gasteiger partial charge < -0.3 is 14.8 Å². The molecule has 1 heterocycles. The molecule has 1 aromatic carbocycles. The Bertz CT molecular complexity index is 427. The summed E-state index contributed by atoms with van der Waals surface area (Å²) in [5, 5.41) is 3.66. The minimum absolute atomic E-state index is 0.292. The van der Waals surface area contributed by atoms with Crippen LogP contribution < -0.4 is 5.32 Å². The summed E-state index contributed by atoms with van der Waals surface area (Å²) in [5.41, 5.74) is 2.60. The van der Waals surface area contributed by atoms with Crippen molar-refractivity contribution in [2.24, 2.45) is 5.92 Å². The van der Waals surface area contributed by atoms with E-state index in [2.05, 4.69) is 50.4 Å². The van der Waals surface area contributed by atoms with Crippen LogP contribution in [0.4, 0.5) is 0 Å². The number of hydrogen-bond donors (Lipinski definition) is 1. The van der Waals surface area contributed by atoms with E-state index in [1.807, 2.05) is 0 Å². The molecule has 1 saturated heterocycles. The van der Waals surface area contributed by atoms with Crippen molar-refractivity contribution in [2.75, 3.05) is 19.8 Å². The van der Waals surface area contributed by atoms with Gasteiger partial charge in [0.25, 0.3) is 0 Å². The number of ether oxygens (including phenoxy) is 2. The van der Waals surface area contributed by atoms with Crippen LogP contribution in [-0.4, -0.2) is 31.9 Å². The van der Waals surface area contributed by atoms with Crippen molar-refractivity contribution in [3.8, 4) is 0 Å². The molecule has 3 heteroatoms. The number of rotatable bonds is 8. The lowest BCUT2D eigenvalue weighted by Crippen LogP contribution is -2.42. The Morgan fingerprint density at radius 3 is 2.77 bits per heavy atom. The smallest absolute Gasteiger partial charge is 0.0723 e. The average molecular weight is 305 g/mol. The maximum Gasteiger partial charge on any atom is 0.0723 e. The van der Waals surface area contributed by atoms with Crippen LogP contribution in [0, 0.1) is 12.8 Å². The molecule has 1 aliphatic heterocycles. The lowest BCUT2D eigenvalue weighted by atomic mass is 9.92. The lowest BCUT2D eigenvalue weighted by molar-refractivity contribution is 0.0335. The van der Waals surface area contributed by atoms with Crippen molar-refractivity contribution in [3.05, 3.63) is 35.4 Å². The molecule has 0 radical (unpaired) electrons. The standard InChI is InChI=1S/C19H31NO2/c1-4-21-13-17-9-10-19(20-12-17)11-16(3)22-14-18-8-6-5-7-15(18)2/h5-8,16-17,19-20H,4,9-14H2,1-3H3/t16?,17-,19?/m1/s1. The first kappa shape index (κ1) is 17.5. The van der Waals surface area contributed by atoms with E-state index in [9.17, 15) is 0 Å². The molecule has 0 aromatic heterocycles. The zero-order chi connectivity index (χ0) is 15.8. The molecule has 0 aliphatic carbocycles. The van der Waals surface area contributed by atoms with Gasteiger partial charge in [0.05, 0.1) is 19.3 Å². The Morgan fingerprint density at radius 2 is 2.09 bits per heavy atom. The maximum atomic E-state index is 6.04. The molecule has 3 nitrogen and oxygen atoms in total. The van der Waals surface area contributed by atoms with E-state index < -0.39 is 0 Å².